The maximum atomic E-state index is 13.5. The molecule has 4 heterocycles. The lowest BCUT2D eigenvalue weighted by molar-refractivity contribution is -0.147. The van der Waals surface area contributed by atoms with Crippen molar-refractivity contribution in [3.63, 3.8) is 0 Å². The van der Waals surface area contributed by atoms with Crippen LogP contribution in [0.2, 0.25) is 0 Å². The van der Waals surface area contributed by atoms with Gasteiger partial charge in [0, 0.05) is 57.3 Å². The molecule has 0 spiro atoms. The molecule has 1 aromatic heterocycles. The third-order valence-corrected chi connectivity index (χ3v) is 10.4. The molecule has 206 valence electrons. The summed E-state index contributed by atoms with van der Waals surface area (Å²) in [5.74, 6) is 0.416. The minimum atomic E-state index is -0.549. The highest BCUT2D eigenvalue weighted by molar-refractivity contribution is 7.15. The fourth-order valence-corrected chi connectivity index (χ4v) is 7.75. The van der Waals surface area contributed by atoms with Crippen LogP contribution in [0.25, 0.3) is 10.8 Å². The Labute approximate surface area is 237 Å². The van der Waals surface area contributed by atoms with Crippen molar-refractivity contribution in [3.05, 3.63) is 59.2 Å². The molecule has 2 saturated heterocycles. The SMILES string of the molecule is C=C1CCC(N2C(=O)c3cccc4c(Nc5ncc(C6CCN(C(=O)C7(C)CCC7)CC6)s5)ccc2c34)C(=O)N1. The average molecular weight is 556 g/mol. The van der Waals surface area contributed by atoms with Gasteiger partial charge in [-0.3, -0.25) is 19.3 Å². The van der Waals surface area contributed by atoms with E-state index in [0.29, 0.717) is 35.9 Å². The van der Waals surface area contributed by atoms with Crippen molar-refractivity contribution in [1.82, 2.24) is 15.2 Å². The standard InChI is InChI=1S/C31H33N5O3S/c1-18-7-9-24(27(37)33-18)36-23-10-8-22(20-5-3-6-21(26(20)23)28(36)38)34-30-32-17-25(40-30)19-11-15-35(16-12-19)29(39)31(2)13-4-14-31/h3,5-6,8,10,17,19,24H,1,4,7,9,11-16H2,2H3,(H,32,34)(H,33,37). The number of carbonyl (C=O) groups is 3. The molecular formula is C31H33N5O3S. The van der Waals surface area contributed by atoms with Gasteiger partial charge >= 0.3 is 0 Å². The molecule has 0 radical (unpaired) electrons. The Morgan fingerprint density at radius 2 is 1.95 bits per heavy atom. The summed E-state index contributed by atoms with van der Waals surface area (Å²) in [6.07, 6.45) is 8.30. The number of nitrogens with zero attached hydrogens (tertiary/aromatic N) is 3. The fourth-order valence-electron chi connectivity index (χ4n) is 6.75. The number of aromatic nitrogens is 1. The molecule has 4 aliphatic rings. The summed E-state index contributed by atoms with van der Waals surface area (Å²) in [6, 6.07) is 9.09. The summed E-state index contributed by atoms with van der Waals surface area (Å²) in [4.78, 5) is 48.8. The number of benzene rings is 2. The Morgan fingerprint density at radius 1 is 1.15 bits per heavy atom. The number of amides is 3. The molecule has 1 atom stereocenters. The first-order chi connectivity index (χ1) is 19.3. The van der Waals surface area contributed by atoms with Gasteiger partial charge in [-0.15, -0.1) is 11.3 Å². The van der Waals surface area contributed by atoms with Crippen LogP contribution in [0.3, 0.4) is 0 Å². The predicted octanol–water partition coefficient (Wildman–Crippen LogP) is 5.69. The predicted molar refractivity (Wildman–Crippen MR) is 157 cm³/mol. The average Bonchev–Trinajstić information content (AvgIpc) is 3.52. The zero-order valence-corrected chi connectivity index (χ0v) is 23.5. The highest BCUT2D eigenvalue weighted by Crippen LogP contribution is 2.45. The molecule has 3 fully saturated rings. The molecule has 3 aliphatic heterocycles. The molecular weight excluding hydrogens is 522 g/mol. The van der Waals surface area contributed by atoms with Crippen molar-refractivity contribution < 1.29 is 14.4 Å². The van der Waals surface area contributed by atoms with E-state index in [9.17, 15) is 14.4 Å². The van der Waals surface area contributed by atoms with E-state index in [1.165, 1.54) is 4.88 Å². The van der Waals surface area contributed by atoms with Crippen LogP contribution in [0.4, 0.5) is 16.5 Å². The molecule has 8 nitrogen and oxygen atoms in total. The van der Waals surface area contributed by atoms with E-state index in [4.69, 9.17) is 0 Å². The molecule has 40 heavy (non-hydrogen) atoms. The number of likely N-dealkylation sites (tertiary alicyclic amines) is 1. The number of nitrogens with one attached hydrogen (secondary N) is 2. The Balaban J connectivity index is 1.09. The molecule has 9 heteroatoms. The van der Waals surface area contributed by atoms with Crippen LogP contribution in [0.1, 0.15) is 73.0 Å². The topological polar surface area (TPSA) is 94.6 Å². The lowest BCUT2D eigenvalue weighted by Crippen LogP contribution is -2.51. The van der Waals surface area contributed by atoms with Crippen molar-refractivity contribution in [2.24, 2.45) is 5.41 Å². The summed E-state index contributed by atoms with van der Waals surface area (Å²) in [6.45, 7) is 7.60. The molecule has 7 rings (SSSR count). The second kappa shape index (κ2) is 9.44. The van der Waals surface area contributed by atoms with E-state index in [2.05, 4.69) is 34.0 Å². The highest BCUT2D eigenvalue weighted by Gasteiger charge is 2.43. The summed E-state index contributed by atoms with van der Waals surface area (Å²) < 4.78 is 0. The highest BCUT2D eigenvalue weighted by atomic mass is 32.1. The zero-order valence-electron chi connectivity index (χ0n) is 22.7. The molecule has 3 amide bonds. The molecule has 2 N–H and O–H groups in total. The van der Waals surface area contributed by atoms with Crippen molar-refractivity contribution in [2.75, 3.05) is 23.3 Å². The molecule has 2 aromatic carbocycles. The number of allylic oxidation sites excluding steroid dienone is 1. The molecule has 1 unspecified atom stereocenters. The lowest BCUT2D eigenvalue weighted by Gasteiger charge is -2.42. The number of thiazole rings is 1. The van der Waals surface area contributed by atoms with Gasteiger partial charge in [0.2, 0.25) is 11.8 Å². The van der Waals surface area contributed by atoms with E-state index in [0.717, 1.165) is 72.5 Å². The summed E-state index contributed by atoms with van der Waals surface area (Å²) in [5, 5.41) is 8.91. The minimum Gasteiger partial charge on any atom is -0.342 e. The maximum absolute atomic E-state index is 13.5. The Kier molecular flexibility index (Phi) is 5.96. The van der Waals surface area contributed by atoms with Gasteiger partial charge in [-0.25, -0.2) is 4.98 Å². The Bertz CT molecular complexity index is 1570. The monoisotopic (exact) mass is 555 g/mol. The quantitative estimate of drug-likeness (QED) is 0.422. The largest absolute Gasteiger partial charge is 0.342 e. The van der Waals surface area contributed by atoms with Crippen molar-refractivity contribution in [2.45, 2.75) is 63.8 Å². The van der Waals surface area contributed by atoms with Gasteiger partial charge < -0.3 is 15.5 Å². The smallest absolute Gasteiger partial charge is 0.259 e. The first-order valence-corrected chi connectivity index (χ1v) is 15.0. The summed E-state index contributed by atoms with van der Waals surface area (Å²) in [5.41, 5.74) is 2.83. The number of anilines is 3. The Hall–Kier alpha value is -3.72. The van der Waals surface area contributed by atoms with Crippen LogP contribution in [-0.4, -0.2) is 46.7 Å². The molecule has 1 aliphatic carbocycles. The number of carbonyl (C=O) groups excluding carboxylic acids is 3. The third kappa shape index (κ3) is 4.01. The normalized spacial score (nSPS) is 22.4. The summed E-state index contributed by atoms with van der Waals surface area (Å²) in [7, 11) is 0. The van der Waals surface area contributed by atoms with E-state index < -0.39 is 6.04 Å². The van der Waals surface area contributed by atoms with Crippen LogP contribution >= 0.6 is 11.3 Å². The molecule has 0 bridgehead atoms. The van der Waals surface area contributed by atoms with Crippen LogP contribution < -0.4 is 15.5 Å². The van der Waals surface area contributed by atoms with Crippen LogP contribution in [0, 0.1) is 5.41 Å². The number of hydrogen-bond acceptors (Lipinski definition) is 6. The second-order valence-electron chi connectivity index (χ2n) is 11.9. The third-order valence-electron chi connectivity index (χ3n) is 9.28. The maximum Gasteiger partial charge on any atom is 0.259 e. The van der Waals surface area contributed by atoms with Gasteiger partial charge in [-0.05, 0) is 62.6 Å². The molecule has 1 saturated carbocycles. The van der Waals surface area contributed by atoms with E-state index in [1.54, 1.807) is 16.2 Å². The van der Waals surface area contributed by atoms with Crippen LogP contribution in [0.5, 0.6) is 0 Å². The molecule has 3 aromatic rings. The second-order valence-corrected chi connectivity index (χ2v) is 12.9. The zero-order chi connectivity index (χ0) is 27.6. The van der Waals surface area contributed by atoms with Gasteiger partial charge in [-0.1, -0.05) is 32.1 Å². The lowest BCUT2D eigenvalue weighted by atomic mass is 9.69. The van der Waals surface area contributed by atoms with Gasteiger partial charge in [-0.2, -0.15) is 0 Å². The van der Waals surface area contributed by atoms with E-state index >= 15 is 0 Å². The van der Waals surface area contributed by atoms with Crippen molar-refractivity contribution >= 4 is 56.3 Å². The minimum absolute atomic E-state index is 0.131. The van der Waals surface area contributed by atoms with Crippen LogP contribution in [-0.2, 0) is 9.59 Å². The van der Waals surface area contributed by atoms with Gasteiger partial charge in [0.05, 0.1) is 5.69 Å². The number of rotatable bonds is 5. The fraction of sp³-hybridized carbons (Fsp3) is 0.419. The first kappa shape index (κ1) is 25.3. The van der Waals surface area contributed by atoms with Crippen LogP contribution in [0.15, 0.2) is 48.8 Å². The van der Waals surface area contributed by atoms with Crippen molar-refractivity contribution in [3.8, 4) is 0 Å². The van der Waals surface area contributed by atoms with E-state index in [1.807, 2.05) is 36.5 Å². The Morgan fingerprint density at radius 3 is 2.67 bits per heavy atom. The number of piperidine rings is 2. The van der Waals surface area contributed by atoms with Gasteiger partial charge in [0.1, 0.15) is 6.04 Å². The van der Waals surface area contributed by atoms with Crippen molar-refractivity contribution in [1.29, 1.82) is 0 Å². The number of hydrogen-bond donors (Lipinski definition) is 2. The first-order valence-electron chi connectivity index (χ1n) is 14.2. The summed E-state index contributed by atoms with van der Waals surface area (Å²) >= 11 is 1.66. The van der Waals surface area contributed by atoms with Gasteiger partial charge in [0.15, 0.2) is 5.13 Å². The van der Waals surface area contributed by atoms with E-state index in [-0.39, 0.29) is 17.2 Å². The van der Waals surface area contributed by atoms with Gasteiger partial charge in [0.25, 0.3) is 5.91 Å².